The van der Waals surface area contributed by atoms with Crippen molar-refractivity contribution >= 4 is 17.8 Å². The topological polar surface area (TPSA) is 87.7 Å². The van der Waals surface area contributed by atoms with Gasteiger partial charge in [0, 0.05) is 0 Å². The van der Waals surface area contributed by atoms with Crippen LogP contribution in [0.25, 0.3) is 0 Å². The third-order valence-corrected chi connectivity index (χ3v) is 5.34. The Morgan fingerprint density at radius 2 is 1.96 bits per heavy atom. The minimum absolute atomic E-state index is 0.234. The highest BCUT2D eigenvalue weighted by Crippen LogP contribution is 2.33. The zero-order valence-electron chi connectivity index (χ0n) is 13.9. The van der Waals surface area contributed by atoms with Crippen LogP contribution in [0.15, 0.2) is 24.3 Å². The lowest BCUT2D eigenvalue weighted by Crippen LogP contribution is -2.52. The Morgan fingerprint density at radius 1 is 1.20 bits per heavy atom. The number of urea groups is 1. The number of fused-ring (bicyclic) bond motifs is 1. The number of nitrogens with one attached hydrogen (secondary N) is 2. The molecule has 1 spiro atoms. The highest BCUT2D eigenvalue weighted by molar-refractivity contribution is 6.08. The lowest BCUT2D eigenvalue weighted by molar-refractivity contribution is -0.141. The molecule has 0 bridgehead atoms. The van der Waals surface area contributed by atoms with Crippen molar-refractivity contribution in [3.8, 4) is 5.75 Å². The van der Waals surface area contributed by atoms with Gasteiger partial charge in [-0.1, -0.05) is 37.5 Å². The molecule has 4 rings (SSSR count). The smallest absolute Gasteiger partial charge is 0.344 e. The van der Waals surface area contributed by atoms with Gasteiger partial charge < -0.3 is 10.1 Å². The molecule has 7 heteroatoms. The van der Waals surface area contributed by atoms with Crippen LogP contribution in [0.3, 0.4) is 0 Å². The first-order valence-corrected chi connectivity index (χ1v) is 8.77. The van der Waals surface area contributed by atoms with E-state index >= 15 is 0 Å². The second-order valence-electron chi connectivity index (χ2n) is 7.01. The Kier molecular flexibility index (Phi) is 3.86. The van der Waals surface area contributed by atoms with E-state index in [0.717, 1.165) is 35.6 Å². The Hall–Kier alpha value is -2.57. The fraction of sp³-hybridized carbons (Fsp3) is 0.500. The van der Waals surface area contributed by atoms with Crippen LogP contribution in [-0.2, 0) is 16.0 Å². The van der Waals surface area contributed by atoms with Gasteiger partial charge in [-0.25, -0.2) is 4.79 Å². The molecule has 1 aromatic rings. The molecule has 0 radical (unpaired) electrons. The number of para-hydroxylation sites is 1. The number of benzene rings is 1. The van der Waals surface area contributed by atoms with Crippen molar-refractivity contribution in [2.24, 2.45) is 5.92 Å². The second-order valence-corrected chi connectivity index (χ2v) is 7.01. The normalized spacial score (nSPS) is 24.5. The first-order valence-electron chi connectivity index (χ1n) is 8.77. The number of amides is 4. The highest BCUT2D eigenvalue weighted by atomic mass is 16.5. The largest absolute Gasteiger partial charge is 0.492 e. The van der Waals surface area contributed by atoms with Gasteiger partial charge >= 0.3 is 6.03 Å². The number of carbonyl (C=O) groups is 3. The van der Waals surface area contributed by atoms with Gasteiger partial charge in [-0.2, -0.15) is 5.01 Å². The summed E-state index contributed by atoms with van der Waals surface area (Å²) in [5.74, 6) is -0.366. The van der Waals surface area contributed by atoms with Crippen LogP contribution in [0.5, 0.6) is 5.75 Å². The summed E-state index contributed by atoms with van der Waals surface area (Å²) in [6.45, 7) is 0.234. The summed E-state index contributed by atoms with van der Waals surface area (Å²) < 4.78 is 5.62. The molecular weight excluding hydrogens is 322 g/mol. The zero-order chi connectivity index (χ0) is 17.4. The van der Waals surface area contributed by atoms with Crippen molar-refractivity contribution < 1.29 is 19.1 Å². The molecule has 132 valence electrons. The van der Waals surface area contributed by atoms with E-state index in [2.05, 4.69) is 10.7 Å². The summed E-state index contributed by atoms with van der Waals surface area (Å²) in [6.07, 6.45) is 4.66. The fourth-order valence-corrected chi connectivity index (χ4v) is 3.91. The third-order valence-electron chi connectivity index (χ3n) is 5.34. The SMILES string of the molecule is O=C(NN1C(=O)NC2(CCCCC2)C1=O)[C@@H]1COc2ccccc2C1. The van der Waals surface area contributed by atoms with Crippen LogP contribution in [0.4, 0.5) is 4.79 Å². The van der Waals surface area contributed by atoms with Crippen LogP contribution in [-0.4, -0.2) is 35.0 Å². The number of hydrazine groups is 1. The maximum Gasteiger partial charge on any atom is 0.344 e. The maximum atomic E-state index is 12.7. The molecule has 1 aliphatic carbocycles. The van der Waals surface area contributed by atoms with Gasteiger partial charge in [-0.3, -0.25) is 15.0 Å². The minimum atomic E-state index is -0.835. The lowest BCUT2D eigenvalue weighted by atomic mass is 9.82. The van der Waals surface area contributed by atoms with Gasteiger partial charge in [0.2, 0.25) is 5.91 Å². The molecule has 2 aliphatic heterocycles. The van der Waals surface area contributed by atoms with E-state index in [1.54, 1.807) is 0 Å². The van der Waals surface area contributed by atoms with E-state index in [1.807, 2.05) is 24.3 Å². The molecule has 3 aliphatic rings. The molecule has 2 N–H and O–H groups in total. The van der Waals surface area contributed by atoms with Crippen molar-refractivity contribution in [1.82, 2.24) is 15.8 Å². The molecule has 2 fully saturated rings. The molecular formula is C18H21N3O4. The molecule has 4 amide bonds. The highest BCUT2D eigenvalue weighted by Gasteiger charge is 2.52. The van der Waals surface area contributed by atoms with Crippen molar-refractivity contribution in [2.45, 2.75) is 44.1 Å². The Balaban J connectivity index is 1.44. The summed E-state index contributed by atoms with van der Waals surface area (Å²) in [6, 6.07) is 7.02. The first kappa shape index (κ1) is 15.9. The lowest BCUT2D eigenvalue weighted by Gasteiger charge is -2.30. The Morgan fingerprint density at radius 3 is 2.76 bits per heavy atom. The van der Waals surface area contributed by atoms with E-state index in [4.69, 9.17) is 4.74 Å². The van der Waals surface area contributed by atoms with Crippen molar-refractivity contribution in [2.75, 3.05) is 6.61 Å². The van der Waals surface area contributed by atoms with E-state index in [1.165, 1.54) is 0 Å². The van der Waals surface area contributed by atoms with Gasteiger partial charge in [0.1, 0.15) is 17.9 Å². The number of imide groups is 1. The summed E-state index contributed by atoms with van der Waals surface area (Å²) in [4.78, 5) is 37.5. The molecule has 1 saturated carbocycles. The Labute approximate surface area is 145 Å². The molecule has 1 saturated heterocycles. The minimum Gasteiger partial charge on any atom is -0.492 e. The summed E-state index contributed by atoms with van der Waals surface area (Å²) in [5, 5.41) is 3.64. The fourth-order valence-electron chi connectivity index (χ4n) is 3.91. The molecule has 1 aromatic carbocycles. The van der Waals surface area contributed by atoms with Crippen molar-refractivity contribution in [3.63, 3.8) is 0 Å². The second kappa shape index (κ2) is 6.06. The van der Waals surface area contributed by atoms with Crippen LogP contribution < -0.4 is 15.5 Å². The van der Waals surface area contributed by atoms with E-state index in [-0.39, 0.29) is 18.4 Å². The number of rotatable bonds is 2. The maximum absolute atomic E-state index is 12.7. The molecule has 25 heavy (non-hydrogen) atoms. The summed E-state index contributed by atoms with van der Waals surface area (Å²) in [7, 11) is 0. The van der Waals surface area contributed by atoms with Gasteiger partial charge in [0.05, 0.1) is 5.92 Å². The van der Waals surface area contributed by atoms with E-state index in [9.17, 15) is 14.4 Å². The van der Waals surface area contributed by atoms with Crippen LogP contribution >= 0.6 is 0 Å². The quantitative estimate of drug-likeness (QED) is 0.797. The average Bonchev–Trinajstić information content (AvgIpc) is 2.86. The molecule has 2 heterocycles. The van der Waals surface area contributed by atoms with Gasteiger partial charge in [0.25, 0.3) is 5.91 Å². The Bertz CT molecular complexity index is 727. The predicted molar refractivity (Wildman–Crippen MR) is 88.5 cm³/mol. The van der Waals surface area contributed by atoms with Gasteiger partial charge in [0.15, 0.2) is 0 Å². The zero-order valence-corrected chi connectivity index (χ0v) is 13.9. The molecule has 0 unspecified atom stereocenters. The van der Waals surface area contributed by atoms with Crippen LogP contribution in [0, 0.1) is 5.92 Å². The number of nitrogens with zero attached hydrogens (tertiary/aromatic N) is 1. The summed E-state index contributed by atoms with van der Waals surface area (Å²) >= 11 is 0. The molecule has 0 aromatic heterocycles. The van der Waals surface area contributed by atoms with E-state index in [0.29, 0.717) is 19.3 Å². The standard InChI is InChI=1S/C18H21N3O4/c22-15(13-10-12-6-2-3-7-14(12)25-11-13)20-21-16(23)18(19-17(21)24)8-4-1-5-9-18/h2-3,6-7,13H,1,4-5,8-11H2,(H,19,24)(H,20,22)/t13-/m0/s1. The van der Waals surface area contributed by atoms with Crippen molar-refractivity contribution in [1.29, 1.82) is 0 Å². The first-order chi connectivity index (χ1) is 12.1. The number of hydrogen-bond acceptors (Lipinski definition) is 4. The monoisotopic (exact) mass is 343 g/mol. The van der Waals surface area contributed by atoms with E-state index < -0.39 is 17.5 Å². The number of ether oxygens (including phenoxy) is 1. The molecule has 7 nitrogen and oxygen atoms in total. The van der Waals surface area contributed by atoms with Crippen LogP contribution in [0.2, 0.25) is 0 Å². The third kappa shape index (κ3) is 2.73. The number of hydrogen-bond donors (Lipinski definition) is 2. The summed E-state index contributed by atoms with van der Waals surface area (Å²) in [5.41, 5.74) is 2.62. The van der Waals surface area contributed by atoms with Gasteiger partial charge in [-0.05, 0) is 30.9 Å². The number of carbonyl (C=O) groups excluding carboxylic acids is 3. The molecule has 1 atom stereocenters. The van der Waals surface area contributed by atoms with Crippen molar-refractivity contribution in [3.05, 3.63) is 29.8 Å². The van der Waals surface area contributed by atoms with Crippen LogP contribution in [0.1, 0.15) is 37.7 Å². The predicted octanol–water partition coefficient (Wildman–Crippen LogP) is 1.52. The van der Waals surface area contributed by atoms with Gasteiger partial charge in [-0.15, -0.1) is 0 Å². The average molecular weight is 343 g/mol.